The molecule has 1 aromatic rings. The van der Waals surface area contributed by atoms with Crippen molar-refractivity contribution in [3.8, 4) is 0 Å². The molecule has 0 spiro atoms. The Kier molecular flexibility index (Phi) is 4.99. The van der Waals surface area contributed by atoms with E-state index in [9.17, 15) is 4.79 Å². The van der Waals surface area contributed by atoms with Crippen molar-refractivity contribution in [2.24, 2.45) is 11.7 Å². The van der Waals surface area contributed by atoms with E-state index in [0.717, 1.165) is 17.7 Å². The second-order valence-electron chi connectivity index (χ2n) is 4.17. The zero-order valence-electron chi connectivity index (χ0n) is 9.99. The number of carbonyl (C=O) groups excluding carboxylic acids is 1. The minimum atomic E-state index is 0.0786. The molecule has 1 atom stereocenters. The second-order valence-corrected chi connectivity index (χ2v) is 4.17. The predicted octanol–water partition coefficient (Wildman–Crippen LogP) is 2.52. The van der Waals surface area contributed by atoms with Gasteiger partial charge >= 0.3 is 0 Å². The molecule has 0 heterocycles. The van der Waals surface area contributed by atoms with Crippen LogP contribution in [0.3, 0.4) is 0 Å². The third-order valence-electron chi connectivity index (χ3n) is 2.70. The Hall–Kier alpha value is -1.35. The third kappa shape index (κ3) is 4.03. The number of rotatable bonds is 5. The van der Waals surface area contributed by atoms with Gasteiger partial charge in [-0.05, 0) is 23.6 Å². The summed E-state index contributed by atoms with van der Waals surface area (Å²) in [7, 11) is 0. The van der Waals surface area contributed by atoms with E-state index in [-0.39, 0.29) is 5.91 Å². The van der Waals surface area contributed by atoms with Gasteiger partial charge in [0.1, 0.15) is 0 Å². The molecule has 0 aliphatic rings. The molecule has 0 saturated heterocycles. The number of carbonyl (C=O) groups is 1. The molecule has 1 rings (SSSR count). The Morgan fingerprint density at radius 1 is 1.38 bits per heavy atom. The quantitative estimate of drug-likeness (QED) is 0.801. The largest absolute Gasteiger partial charge is 0.326 e. The predicted molar refractivity (Wildman–Crippen MR) is 67.0 cm³/mol. The van der Waals surface area contributed by atoms with Crippen molar-refractivity contribution >= 4 is 11.6 Å². The standard InChI is InChI=1S/C13H20N2O/c1-3-10(2)8-13(16)15-12-6-4-11(9-14)5-7-12/h4-7,10H,3,8-9,14H2,1-2H3,(H,15,16). The molecule has 0 fully saturated rings. The lowest BCUT2D eigenvalue weighted by Gasteiger charge is -2.09. The van der Waals surface area contributed by atoms with E-state index in [0.29, 0.717) is 18.9 Å². The SMILES string of the molecule is CCC(C)CC(=O)Nc1ccc(CN)cc1. The molecule has 0 saturated carbocycles. The number of hydrogen-bond donors (Lipinski definition) is 2. The highest BCUT2D eigenvalue weighted by atomic mass is 16.1. The van der Waals surface area contributed by atoms with E-state index in [2.05, 4.69) is 19.2 Å². The Bertz CT molecular complexity index is 332. The smallest absolute Gasteiger partial charge is 0.224 e. The van der Waals surface area contributed by atoms with Crippen LogP contribution >= 0.6 is 0 Å². The summed E-state index contributed by atoms with van der Waals surface area (Å²) >= 11 is 0. The molecule has 1 amide bonds. The van der Waals surface area contributed by atoms with E-state index in [1.165, 1.54) is 0 Å². The first-order chi connectivity index (χ1) is 7.65. The Morgan fingerprint density at radius 2 is 2.00 bits per heavy atom. The van der Waals surface area contributed by atoms with E-state index < -0.39 is 0 Å². The highest BCUT2D eigenvalue weighted by molar-refractivity contribution is 5.90. The van der Waals surface area contributed by atoms with Crippen LogP contribution in [0.25, 0.3) is 0 Å². The van der Waals surface area contributed by atoms with Gasteiger partial charge in [0.05, 0.1) is 0 Å². The molecule has 0 aromatic heterocycles. The monoisotopic (exact) mass is 220 g/mol. The van der Waals surface area contributed by atoms with Crippen molar-refractivity contribution < 1.29 is 4.79 Å². The van der Waals surface area contributed by atoms with Crippen LogP contribution in [0, 0.1) is 5.92 Å². The number of amides is 1. The normalized spacial score (nSPS) is 12.2. The summed E-state index contributed by atoms with van der Waals surface area (Å²) in [5.74, 6) is 0.512. The van der Waals surface area contributed by atoms with Crippen molar-refractivity contribution in [1.82, 2.24) is 0 Å². The first kappa shape index (κ1) is 12.7. The fourth-order valence-corrected chi connectivity index (χ4v) is 1.40. The number of nitrogens with one attached hydrogen (secondary N) is 1. The number of hydrogen-bond acceptors (Lipinski definition) is 2. The Balaban J connectivity index is 2.49. The van der Waals surface area contributed by atoms with Crippen LogP contribution < -0.4 is 11.1 Å². The lowest BCUT2D eigenvalue weighted by molar-refractivity contribution is -0.117. The lowest BCUT2D eigenvalue weighted by Crippen LogP contribution is -2.14. The Labute approximate surface area is 97.0 Å². The molecule has 0 aliphatic heterocycles. The average molecular weight is 220 g/mol. The van der Waals surface area contributed by atoms with Crippen LogP contribution in [0.5, 0.6) is 0 Å². The molecule has 88 valence electrons. The first-order valence-corrected chi connectivity index (χ1v) is 5.74. The summed E-state index contributed by atoms with van der Waals surface area (Å²) in [5.41, 5.74) is 7.41. The van der Waals surface area contributed by atoms with Crippen LogP contribution in [0.15, 0.2) is 24.3 Å². The molecule has 3 N–H and O–H groups in total. The van der Waals surface area contributed by atoms with Crippen LogP contribution in [0.2, 0.25) is 0 Å². The summed E-state index contributed by atoms with van der Waals surface area (Å²) in [6, 6.07) is 7.63. The van der Waals surface area contributed by atoms with E-state index >= 15 is 0 Å². The maximum absolute atomic E-state index is 11.6. The molecule has 1 unspecified atom stereocenters. The molecule has 0 bridgehead atoms. The van der Waals surface area contributed by atoms with Gasteiger partial charge in [0.25, 0.3) is 0 Å². The summed E-state index contributed by atoms with van der Waals surface area (Å²) in [6.07, 6.45) is 1.61. The molecule has 0 radical (unpaired) electrons. The zero-order chi connectivity index (χ0) is 12.0. The topological polar surface area (TPSA) is 55.1 Å². The van der Waals surface area contributed by atoms with Crippen molar-refractivity contribution in [3.05, 3.63) is 29.8 Å². The minimum absolute atomic E-state index is 0.0786. The third-order valence-corrected chi connectivity index (χ3v) is 2.70. The Morgan fingerprint density at radius 3 is 2.50 bits per heavy atom. The van der Waals surface area contributed by atoms with Crippen molar-refractivity contribution in [3.63, 3.8) is 0 Å². The molecule has 0 aliphatic carbocycles. The van der Waals surface area contributed by atoms with Gasteiger partial charge < -0.3 is 11.1 Å². The van der Waals surface area contributed by atoms with Gasteiger partial charge in [-0.3, -0.25) is 4.79 Å². The molecule has 3 nitrogen and oxygen atoms in total. The summed E-state index contributed by atoms with van der Waals surface area (Å²) in [6.45, 7) is 4.70. The van der Waals surface area contributed by atoms with Crippen LogP contribution in [-0.2, 0) is 11.3 Å². The van der Waals surface area contributed by atoms with Gasteiger partial charge in [0, 0.05) is 18.7 Å². The van der Waals surface area contributed by atoms with Gasteiger partial charge in [0.2, 0.25) is 5.91 Å². The van der Waals surface area contributed by atoms with Crippen LogP contribution in [0.4, 0.5) is 5.69 Å². The highest BCUT2D eigenvalue weighted by Gasteiger charge is 2.07. The number of anilines is 1. The molecule has 3 heteroatoms. The highest BCUT2D eigenvalue weighted by Crippen LogP contribution is 2.12. The van der Waals surface area contributed by atoms with Crippen molar-refractivity contribution in [1.29, 1.82) is 0 Å². The van der Waals surface area contributed by atoms with Gasteiger partial charge in [-0.15, -0.1) is 0 Å². The van der Waals surface area contributed by atoms with Crippen molar-refractivity contribution in [2.45, 2.75) is 33.2 Å². The maximum Gasteiger partial charge on any atom is 0.224 e. The molecular weight excluding hydrogens is 200 g/mol. The van der Waals surface area contributed by atoms with E-state index in [1.807, 2.05) is 24.3 Å². The van der Waals surface area contributed by atoms with E-state index in [1.54, 1.807) is 0 Å². The summed E-state index contributed by atoms with van der Waals surface area (Å²) in [4.78, 5) is 11.6. The molecule has 16 heavy (non-hydrogen) atoms. The fourth-order valence-electron chi connectivity index (χ4n) is 1.40. The second kappa shape index (κ2) is 6.28. The van der Waals surface area contributed by atoms with Gasteiger partial charge in [-0.1, -0.05) is 32.4 Å². The van der Waals surface area contributed by atoms with Gasteiger partial charge in [-0.2, -0.15) is 0 Å². The average Bonchev–Trinajstić information content (AvgIpc) is 2.29. The van der Waals surface area contributed by atoms with Crippen LogP contribution in [0.1, 0.15) is 32.3 Å². The fraction of sp³-hybridized carbons (Fsp3) is 0.462. The first-order valence-electron chi connectivity index (χ1n) is 5.74. The zero-order valence-corrected chi connectivity index (χ0v) is 9.99. The maximum atomic E-state index is 11.6. The van der Waals surface area contributed by atoms with E-state index in [4.69, 9.17) is 5.73 Å². The van der Waals surface area contributed by atoms with Crippen molar-refractivity contribution in [2.75, 3.05) is 5.32 Å². The number of nitrogens with two attached hydrogens (primary N) is 1. The minimum Gasteiger partial charge on any atom is -0.326 e. The number of benzene rings is 1. The van der Waals surface area contributed by atoms with Gasteiger partial charge in [-0.25, -0.2) is 0 Å². The van der Waals surface area contributed by atoms with Gasteiger partial charge in [0.15, 0.2) is 0 Å². The van der Waals surface area contributed by atoms with Crippen LogP contribution in [-0.4, -0.2) is 5.91 Å². The lowest BCUT2D eigenvalue weighted by atomic mass is 10.0. The summed E-state index contributed by atoms with van der Waals surface area (Å²) in [5, 5.41) is 2.88. The molecular formula is C13H20N2O. The summed E-state index contributed by atoms with van der Waals surface area (Å²) < 4.78 is 0. The molecule has 1 aromatic carbocycles.